The van der Waals surface area contributed by atoms with E-state index in [1.54, 1.807) is 18.2 Å². The van der Waals surface area contributed by atoms with Gasteiger partial charge in [0.1, 0.15) is 11.4 Å². The van der Waals surface area contributed by atoms with Crippen molar-refractivity contribution in [3.8, 4) is 0 Å². The fourth-order valence-corrected chi connectivity index (χ4v) is 4.22. The van der Waals surface area contributed by atoms with E-state index in [1.165, 1.54) is 27.1 Å². The highest BCUT2D eigenvalue weighted by Gasteiger charge is 2.26. The van der Waals surface area contributed by atoms with Crippen LogP contribution in [0.5, 0.6) is 0 Å². The molecule has 0 saturated carbocycles. The molecule has 8 heteroatoms. The Morgan fingerprint density at radius 2 is 2.04 bits per heavy atom. The molecule has 0 aliphatic carbocycles. The third-order valence-electron chi connectivity index (χ3n) is 4.79. The van der Waals surface area contributed by atoms with Crippen molar-refractivity contribution < 1.29 is 9.59 Å². The maximum atomic E-state index is 12.7. The lowest BCUT2D eigenvalue weighted by molar-refractivity contribution is -0.122. The second kappa shape index (κ2) is 6.62. The van der Waals surface area contributed by atoms with E-state index in [1.807, 2.05) is 19.9 Å². The molecule has 3 heterocycles. The predicted octanol–water partition coefficient (Wildman–Crippen LogP) is 2.45. The van der Waals surface area contributed by atoms with Crippen LogP contribution in [0.2, 0.25) is 0 Å². The number of thiophene rings is 1. The standard InChI is InChI=1S/C19H18N4O3S/c1-11-12(2)27-18-17(11)19(26)22(10-20-18)8-7-16(25)23-9-15(24)21-13-5-3-4-6-14(13)23/h3-6,10H,7-9H2,1-2H3,(H,21,24). The minimum atomic E-state index is -0.230. The smallest absolute Gasteiger partial charge is 0.262 e. The van der Waals surface area contributed by atoms with Gasteiger partial charge in [0.15, 0.2) is 0 Å². The highest BCUT2D eigenvalue weighted by atomic mass is 32.1. The van der Waals surface area contributed by atoms with Gasteiger partial charge in [-0.05, 0) is 31.5 Å². The molecule has 4 rings (SSSR count). The highest BCUT2D eigenvalue weighted by molar-refractivity contribution is 7.18. The summed E-state index contributed by atoms with van der Waals surface area (Å²) in [6.07, 6.45) is 1.60. The number of hydrogen-bond donors (Lipinski definition) is 1. The summed E-state index contributed by atoms with van der Waals surface area (Å²) in [6.45, 7) is 4.07. The molecular formula is C19H18N4O3S. The Morgan fingerprint density at radius 3 is 2.85 bits per heavy atom. The minimum absolute atomic E-state index is 0.0230. The summed E-state index contributed by atoms with van der Waals surface area (Å²) in [6, 6.07) is 7.18. The molecule has 0 radical (unpaired) electrons. The predicted molar refractivity (Wildman–Crippen MR) is 105 cm³/mol. The van der Waals surface area contributed by atoms with Gasteiger partial charge in [-0.2, -0.15) is 0 Å². The van der Waals surface area contributed by atoms with Crippen molar-refractivity contribution in [3.63, 3.8) is 0 Å². The molecule has 0 spiro atoms. The maximum absolute atomic E-state index is 12.7. The van der Waals surface area contributed by atoms with Gasteiger partial charge in [0.2, 0.25) is 11.8 Å². The quantitative estimate of drug-likeness (QED) is 0.754. The summed E-state index contributed by atoms with van der Waals surface area (Å²) in [5, 5.41) is 3.38. The van der Waals surface area contributed by atoms with E-state index in [-0.39, 0.29) is 36.9 Å². The van der Waals surface area contributed by atoms with Gasteiger partial charge < -0.3 is 10.2 Å². The zero-order chi connectivity index (χ0) is 19.1. The van der Waals surface area contributed by atoms with Gasteiger partial charge in [-0.3, -0.25) is 19.0 Å². The fraction of sp³-hybridized carbons (Fsp3) is 0.263. The topological polar surface area (TPSA) is 84.3 Å². The van der Waals surface area contributed by atoms with E-state index in [0.717, 1.165) is 15.3 Å². The summed E-state index contributed by atoms with van der Waals surface area (Å²) in [5.41, 5.74) is 2.10. The Kier molecular flexibility index (Phi) is 4.27. The van der Waals surface area contributed by atoms with Crippen LogP contribution in [-0.2, 0) is 16.1 Å². The molecule has 3 aromatic rings. The van der Waals surface area contributed by atoms with Gasteiger partial charge in [0, 0.05) is 17.8 Å². The van der Waals surface area contributed by atoms with Crippen LogP contribution < -0.4 is 15.8 Å². The molecule has 1 aliphatic rings. The maximum Gasteiger partial charge on any atom is 0.262 e. The van der Waals surface area contributed by atoms with E-state index in [4.69, 9.17) is 0 Å². The Hall–Kier alpha value is -3.00. The van der Waals surface area contributed by atoms with Crippen molar-refractivity contribution in [1.29, 1.82) is 0 Å². The van der Waals surface area contributed by atoms with Crippen LogP contribution in [0, 0.1) is 13.8 Å². The van der Waals surface area contributed by atoms with E-state index < -0.39 is 0 Å². The van der Waals surface area contributed by atoms with Crippen LogP contribution in [-0.4, -0.2) is 27.9 Å². The van der Waals surface area contributed by atoms with Crippen LogP contribution in [0.4, 0.5) is 11.4 Å². The molecule has 0 bridgehead atoms. The lowest BCUT2D eigenvalue weighted by atomic mass is 10.1. The third-order valence-corrected chi connectivity index (χ3v) is 5.91. The Bertz CT molecular complexity index is 1130. The number of amides is 2. The Morgan fingerprint density at radius 1 is 1.26 bits per heavy atom. The number of para-hydroxylation sites is 2. The highest BCUT2D eigenvalue weighted by Crippen LogP contribution is 2.29. The van der Waals surface area contributed by atoms with Gasteiger partial charge >= 0.3 is 0 Å². The van der Waals surface area contributed by atoms with Gasteiger partial charge in [0.05, 0.1) is 23.1 Å². The summed E-state index contributed by atoms with van der Waals surface area (Å²) in [4.78, 5) is 45.0. The normalized spacial score (nSPS) is 13.6. The molecule has 1 aliphatic heterocycles. The van der Waals surface area contributed by atoms with Crippen LogP contribution in [0.1, 0.15) is 16.9 Å². The van der Waals surface area contributed by atoms with E-state index >= 15 is 0 Å². The van der Waals surface area contributed by atoms with Gasteiger partial charge in [-0.1, -0.05) is 12.1 Å². The van der Waals surface area contributed by atoms with Gasteiger partial charge in [-0.25, -0.2) is 4.98 Å². The third kappa shape index (κ3) is 3.02. The van der Waals surface area contributed by atoms with E-state index in [2.05, 4.69) is 10.3 Å². The molecule has 138 valence electrons. The molecule has 0 fully saturated rings. The van der Waals surface area contributed by atoms with Crippen LogP contribution in [0.3, 0.4) is 0 Å². The lowest BCUT2D eigenvalue weighted by Gasteiger charge is -2.29. The van der Waals surface area contributed by atoms with Crippen molar-refractivity contribution in [2.45, 2.75) is 26.8 Å². The molecule has 2 amide bonds. The first-order valence-electron chi connectivity index (χ1n) is 8.60. The summed E-state index contributed by atoms with van der Waals surface area (Å²) in [7, 11) is 0. The zero-order valence-electron chi connectivity index (χ0n) is 15.0. The van der Waals surface area contributed by atoms with Crippen molar-refractivity contribution in [1.82, 2.24) is 9.55 Å². The average Bonchev–Trinajstić information content (AvgIpc) is 2.95. The molecule has 7 nitrogen and oxygen atoms in total. The summed E-state index contributed by atoms with van der Waals surface area (Å²) >= 11 is 1.50. The van der Waals surface area contributed by atoms with Crippen molar-refractivity contribution in [3.05, 3.63) is 51.4 Å². The van der Waals surface area contributed by atoms with Crippen LogP contribution >= 0.6 is 11.3 Å². The SMILES string of the molecule is Cc1sc2ncn(CCC(=O)N3CC(=O)Nc4ccccc43)c(=O)c2c1C. The number of aryl methyl sites for hydroxylation is 3. The molecule has 1 aromatic carbocycles. The van der Waals surface area contributed by atoms with E-state index in [9.17, 15) is 14.4 Å². The fourth-order valence-electron chi connectivity index (χ4n) is 3.24. The minimum Gasteiger partial charge on any atom is -0.323 e. The number of anilines is 2. The molecule has 1 N–H and O–H groups in total. The number of nitrogens with one attached hydrogen (secondary N) is 1. The first kappa shape index (κ1) is 17.4. The van der Waals surface area contributed by atoms with Crippen molar-refractivity contribution in [2.24, 2.45) is 0 Å². The second-order valence-corrected chi connectivity index (χ2v) is 7.70. The van der Waals surface area contributed by atoms with Crippen molar-refractivity contribution in [2.75, 3.05) is 16.8 Å². The Balaban J connectivity index is 1.58. The van der Waals surface area contributed by atoms with Gasteiger partial charge in [-0.15, -0.1) is 11.3 Å². The van der Waals surface area contributed by atoms with Crippen LogP contribution in [0.25, 0.3) is 10.2 Å². The number of carbonyl (C=O) groups excluding carboxylic acids is 2. The summed E-state index contributed by atoms with van der Waals surface area (Å²) in [5.74, 6) is -0.436. The molecule has 0 saturated heterocycles. The number of aromatic nitrogens is 2. The monoisotopic (exact) mass is 382 g/mol. The zero-order valence-corrected chi connectivity index (χ0v) is 15.8. The van der Waals surface area contributed by atoms with Crippen LogP contribution in [0.15, 0.2) is 35.4 Å². The molecule has 27 heavy (non-hydrogen) atoms. The largest absolute Gasteiger partial charge is 0.323 e. The molecule has 0 atom stereocenters. The number of carbonyl (C=O) groups is 2. The average molecular weight is 382 g/mol. The number of nitrogens with zero attached hydrogens (tertiary/aromatic N) is 3. The second-order valence-electron chi connectivity index (χ2n) is 6.50. The van der Waals surface area contributed by atoms with Crippen molar-refractivity contribution >= 4 is 44.7 Å². The lowest BCUT2D eigenvalue weighted by Crippen LogP contribution is -2.42. The summed E-state index contributed by atoms with van der Waals surface area (Å²) < 4.78 is 1.47. The first-order valence-corrected chi connectivity index (χ1v) is 9.41. The Labute approximate surface area is 159 Å². The number of rotatable bonds is 3. The first-order chi connectivity index (χ1) is 13.0. The van der Waals surface area contributed by atoms with E-state index in [0.29, 0.717) is 16.8 Å². The molecule has 2 aromatic heterocycles. The molecule has 0 unspecified atom stereocenters. The van der Waals surface area contributed by atoms with Gasteiger partial charge in [0.25, 0.3) is 5.56 Å². The molecular weight excluding hydrogens is 364 g/mol. The number of hydrogen-bond acceptors (Lipinski definition) is 5. The number of benzene rings is 1. The number of fused-ring (bicyclic) bond motifs is 2.